The standard InChI is InChI=1S/C11H16N4O4/c1-8-5-13(3-4-19-8)11(16)7-14-6-10(15(17)18)12-9(14)2/h6,8H,3-5,7H2,1-2H3. The van der Waals surface area contributed by atoms with Gasteiger partial charge >= 0.3 is 5.82 Å². The molecule has 1 aliphatic heterocycles. The molecule has 0 aliphatic carbocycles. The normalized spacial score (nSPS) is 19.5. The fourth-order valence-electron chi connectivity index (χ4n) is 2.03. The van der Waals surface area contributed by atoms with Crippen molar-refractivity contribution in [3.05, 3.63) is 22.1 Å². The highest BCUT2D eigenvalue weighted by Gasteiger charge is 2.23. The van der Waals surface area contributed by atoms with Crippen LogP contribution in [0.15, 0.2) is 6.20 Å². The van der Waals surface area contributed by atoms with Crippen LogP contribution in [0.25, 0.3) is 0 Å². The predicted octanol–water partition coefficient (Wildman–Crippen LogP) is 0.347. The maximum atomic E-state index is 12.1. The summed E-state index contributed by atoms with van der Waals surface area (Å²) in [6, 6.07) is 0. The Kier molecular flexibility index (Phi) is 3.79. The number of morpholine rings is 1. The van der Waals surface area contributed by atoms with E-state index in [2.05, 4.69) is 4.98 Å². The van der Waals surface area contributed by atoms with Crippen LogP contribution >= 0.6 is 0 Å². The Balaban J connectivity index is 2.04. The molecule has 8 heteroatoms. The maximum Gasteiger partial charge on any atom is 0.381 e. The minimum absolute atomic E-state index is 0.0240. The Morgan fingerprint density at radius 3 is 3.00 bits per heavy atom. The molecular weight excluding hydrogens is 252 g/mol. The van der Waals surface area contributed by atoms with Gasteiger partial charge in [0, 0.05) is 20.0 Å². The van der Waals surface area contributed by atoms with E-state index in [1.165, 1.54) is 10.8 Å². The van der Waals surface area contributed by atoms with Crippen molar-refractivity contribution in [3.63, 3.8) is 0 Å². The molecule has 104 valence electrons. The van der Waals surface area contributed by atoms with Crippen LogP contribution in [0.2, 0.25) is 0 Å². The van der Waals surface area contributed by atoms with Gasteiger partial charge in [0.25, 0.3) is 0 Å². The number of ether oxygens (including phenoxy) is 1. The number of imidazole rings is 1. The van der Waals surface area contributed by atoms with E-state index in [0.29, 0.717) is 25.5 Å². The second-order valence-electron chi connectivity index (χ2n) is 4.55. The zero-order chi connectivity index (χ0) is 14.0. The molecule has 0 bridgehead atoms. The minimum atomic E-state index is -0.565. The summed E-state index contributed by atoms with van der Waals surface area (Å²) in [4.78, 5) is 27.6. The third-order valence-corrected chi connectivity index (χ3v) is 3.05. The van der Waals surface area contributed by atoms with E-state index < -0.39 is 4.92 Å². The molecule has 1 aromatic rings. The van der Waals surface area contributed by atoms with Crippen molar-refractivity contribution in [2.75, 3.05) is 19.7 Å². The highest BCUT2D eigenvalue weighted by Crippen LogP contribution is 2.12. The first-order valence-electron chi connectivity index (χ1n) is 6.05. The second-order valence-corrected chi connectivity index (χ2v) is 4.55. The lowest BCUT2D eigenvalue weighted by atomic mass is 10.3. The van der Waals surface area contributed by atoms with Gasteiger partial charge in [-0.3, -0.25) is 9.36 Å². The van der Waals surface area contributed by atoms with Gasteiger partial charge < -0.3 is 19.8 Å². The Bertz CT molecular complexity index is 499. The van der Waals surface area contributed by atoms with Crippen LogP contribution in [0.1, 0.15) is 12.7 Å². The fourth-order valence-corrected chi connectivity index (χ4v) is 2.03. The Morgan fingerprint density at radius 1 is 1.68 bits per heavy atom. The highest BCUT2D eigenvalue weighted by molar-refractivity contribution is 5.76. The Labute approximate surface area is 110 Å². The van der Waals surface area contributed by atoms with E-state index >= 15 is 0 Å². The number of nitrogens with zero attached hydrogens (tertiary/aromatic N) is 4. The number of carbonyl (C=O) groups excluding carboxylic acids is 1. The SMILES string of the molecule is Cc1nc([N+](=O)[O-])cn1CC(=O)N1CCOC(C)C1. The van der Waals surface area contributed by atoms with E-state index in [1.54, 1.807) is 11.8 Å². The van der Waals surface area contributed by atoms with Crippen molar-refractivity contribution in [3.8, 4) is 0 Å². The lowest BCUT2D eigenvalue weighted by Gasteiger charge is -2.31. The van der Waals surface area contributed by atoms with Gasteiger partial charge in [0.1, 0.15) is 12.7 Å². The van der Waals surface area contributed by atoms with Gasteiger partial charge in [0.2, 0.25) is 11.7 Å². The summed E-state index contributed by atoms with van der Waals surface area (Å²) in [5, 5.41) is 10.6. The molecule has 1 fully saturated rings. The van der Waals surface area contributed by atoms with E-state index in [4.69, 9.17) is 4.74 Å². The Hall–Kier alpha value is -1.96. The average molecular weight is 268 g/mol. The van der Waals surface area contributed by atoms with Gasteiger partial charge in [-0.25, -0.2) is 0 Å². The molecular formula is C11H16N4O4. The van der Waals surface area contributed by atoms with E-state index in [9.17, 15) is 14.9 Å². The van der Waals surface area contributed by atoms with Crippen LogP contribution < -0.4 is 0 Å². The number of hydrogen-bond acceptors (Lipinski definition) is 5. The summed E-state index contributed by atoms with van der Waals surface area (Å²) < 4.78 is 6.87. The Morgan fingerprint density at radius 2 is 2.42 bits per heavy atom. The first-order chi connectivity index (χ1) is 8.97. The summed E-state index contributed by atoms with van der Waals surface area (Å²) in [7, 11) is 0. The molecule has 0 spiro atoms. The molecule has 0 aromatic carbocycles. The summed E-state index contributed by atoms with van der Waals surface area (Å²) in [6.07, 6.45) is 1.31. The maximum absolute atomic E-state index is 12.1. The van der Waals surface area contributed by atoms with Gasteiger partial charge in [-0.15, -0.1) is 0 Å². The van der Waals surface area contributed by atoms with Crippen molar-refractivity contribution in [1.82, 2.24) is 14.5 Å². The topological polar surface area (TPSA) is 90.5 Å². The molecule has 1 aromatic heterocycles. The van der Waals surface area contributed by atoms with Crippen molar-refractivity contribution in [2.45, 2.75) is 26.5 Å². The lowest BCUT2D eigenvalue weighted by molar-refractivity contribution is -0.389. The average Bonchev–Trinajstić information content (AvgIpc) is 2.71. The fraction of sp³-hybridized carbons (Fsp3) is 0.636. The number of aryl methyl sites for hydroxylation is 1. The lowest BCUT2D eigenvalue weighted by Crippen LogP contribution is -2.45. The van der Waals surface area contributed by atoms with Crippen LogP contribution in [0.5, 0.6) is 0 Å². The molecule has 1 aliphatic rings. The number of aromatic nitrogens is 2. The molecule has 8 nitrogen and oxygen atoms in total. The number of rotatable bonds is 3. The molecule has 1 unspecified atom stereocenters. The number of carbonyl (C=O) groups is 1. The molecule has 1 atom stereocenters. The molecule has 0 N–H and O–H groups in total. The third kappa shape index (κ3) is 3.08. The molecule has 0 radical (unpaired) electrons. The van der Waals surface area contributed by atoms with Gasteiger partial charge in [0.05, 0.1) is 12.7 Å². The summed E-state index contributed by atoms with van der Waals surface area (Å²) >= 11 is 0. The largest absolute Gasteiger partial charge is 0.381 e. The summed E-state index contributed by atoms with van der Waals surface area (Å²) in [6.45, 7) is 5.25. The molecule has 19 heavy (non-hydrogen) atoms. The van der Waals surface area contributed by atoms with Crippen LogP contribution in [-0.4, -0.2) is 51.1 Å². The molecule has 1 saturated heterocycles. The molecule has 0 saturated carbocycles. The second kappa shape index (κ2) is 5.35. The van der Waals surface area contributed by atoms with Crippen LogP contribution in [0.3, 0.4) is 0 Å². The quantitative estimate of drug-likeness (QED) is 0.582. The van der Waals surface area contributed by atoms with Crippen LogP contribution in [0, 0.1) is 17.0 Å². The van der Waals surface area contributed by atoms with Crippen LogP contribution in [-0.2, 0) is 16.1 Å². The number of hydrogen-bond donors (Lipinski definition) is 0. The molecule has 2 rings (SSSR count). The predicted molar refractivity (Wildman–Crippen MR) is 65.6 cm³/mol. The first kappa shape index (κ1) is 13.5. The highest BCUT2D eigenvalue weighted by atomic mass is 16.6. The van der Waals surface area contributed by atoms with Gasteiger partial charge in [-0.05, 0) is 16.8 Å². The molecule has 2 heterocycles. The van der Waals surface area contributed by atoms with E-state index in [0.717, 1.165) is 0 Å². The van der Waals surface area contributed by atoms with Gasteiger partial charge in [-0.1, -0.05) is 0 Å². The summed E-state index contributed by atoms with van der Waals surface area (Å²) in [5.41, 5.74) is 0. The summed E-state index contributed by atoms with van der Waals surface area (Å²) in [5.74, 6) is 0.146. The van der Waals surface area contributed by atoms with Crippen molar-refractivity contribution < 1.29 is 14.5 Å². The molecule has 1 amide bonds. The minimum Gasteiger partial charge on any atom is -0.375 e. The van der Waals surface area contributed by atoms with Crippen molar-refractivity contribution >= 4 is 11.7 Å². The van der Waals surface area contributed by atoms with Gasteiger partial charge in [-0.2, -0.15) is 0 Å². The third-order valence-electron chi connectivity index (χ3n) is 3.05. The van der Waals surface area contributed by atoms with E-state index in [-0.39, 0.29) is 24.4 Å². The zero-order valence-corrected chi connectivity index (χ0v) is 10.9. The zero-order valence-electron chi connectivity index (χ0n) is 10.9. The smallest absolute Gasteiger partial charge is 0.375 e. The van der Waals surface area contributed by atoms with Crippen molar-refractivity contribution in [1.29, 1.82) is 0 Å². The monoisotopic (exact) mass is 268 g/mol. The van der Waals surface area contributed by atoms with Gasteiger partial charge in [0.15, 0.2) is 0 Å². The first-order valence-corrected chi connectivity index (χ1v) is 6.05. The van der Waals surface area contributed by atoms with E-state index in [1.807, 2.05) is 6.92 Å². The number of amides is 1. The van der Waals surface area contributed by atoms with Crippen molar-refractivity contribution in [2.24, 2.45) is 0 Å². The van der Waals surface area contributed by atoms with Crippen LogP contribution in [0.4, 0.5) is 5.82 Å². The number of nitro groups is 1.